The monoisotopic (exact) mass is 440 g/mol. The molecule has 0 spiro atoms. The number of nitrogens with zero attached hydrogens (tertiary/aromatic N) is 5. The van der Waals surface area contributed by atoms with Crippen molar-refractivity contribution in [1.82, 2.24) is 30.1 Å². The SMILES string of the molecule is CCC(C)(C)n1nnnc1[C@H](C(C)C)N(CCCO)Cc1cc2cc(C)ccc2[nH]c1=O. The molecule has 0 fully saturated rings. The fourth-order valence-electron chi connectivity index (χ4n) is 4.14. The van der Waals surface area contributed by atoms with Crippen molar-refractivity contribution in [1.29, 1.82) is 0 Å². The summed E-state index contributed by atoms with van der Waals surface area (Å²) in [6, 6.07) is 7.89. The number of aryl methyl sites for hydroxylation is 1. The molecular weight excluding hydrogens is 404 g/mol. The first kappa shape index (κ1) is 24.1. The minimum absolute atomic E-state index is 0.0833. The number of hydrogen-bond acceptors (Lipinski definition) is 6. The summed E-state index contributed by atoms with van der Waals surface area (Å²) in [4.78, 5) is 18.1. The van der Waals surface area contributed by atoms with Gasteiger partial charge in [0.1, 0.15) is 0 Å². The average Bonchev–Trinajstić information content (AvgIpc) is 3.22. The van der Waals surface area contributed by atoms with Crippen molar-refractivity contribution >= 4 is 10.9 Å². The maximum atomic E-state index is 12.9. The predicted octanol–water partition coefficient (Wildman–Crippen LogP) is 3.55. The van der Waals surface area contributed by atoms with E-state index in [4.69, 9.17) is 0 Å². The normalized spacial score (nSPS) is 13.4. The fraction of sp³-hybridized carbons (Fsp3) is 0.583. The molecule has 8 heteroatoms. The number of fused-ring (bicyclic) bond motifs is 1. The van der Waals surface area contributed by atoms with Gasteiger partial charge in [-0.05, 0) is 73.5 Å². The Morgan fingerprint density at radius 2 is 2.00 bits per heavy atom. The van der Waals surface area contributed by atoms with E-state index in [0.717, 1.165) is 28.7 Å². The van der Waals surface area contributed by atoms with Crippen LogP contribution in [0.1, 0.15) is 70.5 Å². The number of aliphatic hydroxyl groups is 1. The van der Waals surface area contributed by atoms with E-state index in [1.807, 2.05) is 29.8 Å². The van der Waals surface area contributed by atoms with Gasteiger partial charge >= 0.3 is 0 Å². The van der Waals surface area contributed by atoms with Crippen LogP contribution in [0.25, 0.3) is 10.9 Å². The highest BCUT2D eigenvalue weighted by Crippen LogP contribution is 2.32. The maximum Gasteiger partial charge on any atom is 0.252 e. The van der Waals surface area contributed by atoms with Gasteiger partial charge in [0.2, 0.25) is 0 Å². The molecule has 2 N–H and O–H groups in total. The molecule has 0 bridgehead atoms. The highest BCUT2D eigenvalue weighted by molar-refractivity contribution is 5.79. The molecule has 0 saturated heterocycles. The van der Waals surface area contributed by atoms with Gasteiger partial charge in [-0.1, -0.05) is 32.4 Å². The molecular formula is C24H36N6O2. The van der Waals surface area contributed by atoms with Crippen molar-refractivity contribution in [2.24, 2.45) is 5.92 Å². The van der Waals surface area contributed by atoms with E-state index in [-0.39, 0.29) is 29.7 Å². The zero-order chi connectivity index (χ0) is 23.5. The molecule has 1 atom stereocenters. The van der Waals surface area contributed by atoms with Gasteiger partial charge in [-0.3, -0.25) is 9.69 Å². The van der Waals surface area contributed by atoms with Crippen LogP contribution < -0.4 is 5.56 Å². The molecule has 0 saturated carbocycles. The zero-order valence-corrected chi connectivity index (χ0v) is 20.1. The molecule has 0 aliphatic carbocycles. The van der Waals surface area contributed by atoms with E-state index in [2.05, 4.69) is 66.1 Å². The summed E-state index contributed by atoms with van der Waals surface area (Å²) >= 11 is 0. The minimum atomic E-state index is -0.230. The fourth-order valence-corrected chi connectivity index (χ4v) is 4.14. The van der Waals surface area contributed by atoms with Crippen molar-refractivity contribution in [2.75, 3.05) is 13.2 Å². The van der Waals surface area contributed by atoms with Gasteiger partial charge in [-0.25, -0.2) is 4.68 Å². The van der Waals surface area contributed by atoms with Gasteiger partial charge < -0.3 is 10.1 Å². The van der Waals surface area contributed by atoms with Gasteiger partial charge in [0.05, 0.1) is 11.6 Å². The Bertz CT molecular complexity index is 1100. The molecule has 3 aromatic rings. The van der Waals surface area contributed by atoms with Gasteiger partial charge in [0.15, 0.2) is 5.82 Å². The van der Waals surface area contributed by atoms with Crippen LogP contribution in [0.4, 0.5) is 0 Å². The van der Waals surface area contributed by atoms with Crippen LogP contribution in [0.3, 0.4) is 0 Å². The number of pyridine rings is 1. The van der Waals surface area contributed by atoms with Crippen LogP contribution in [-0.2, 0) is 12.1 Å². The molecule has 8 nitrogen and oxygen atoms in total. The number of aromatic amines is 1. The van der Waals surface area contributed by atoms with Crippen molar-refractivity contribution in [2.45, 2.75) is 72.5 Å². The van der Waals surface area contributed by atoms with E-state index >= 15 is 0 Å². The maximum absolute atomic E-state index is 12.9. The van der Waals surface area contributed by atoms with Crippen LogP contribution in [0, 0.1) is 12.8 Å². The van der Waals surface area contributed by atoms with Crippen molar-refractivity contribution in [3.63, 3.8) is 0 Å². The number of aromatic nitrogens is 5. The lowest BCUT2D eigenvalue weighted by molar-refractivity contribution is 0.115. The molecule has 2 heterocycles. The summed E-state index contributed by atoms with van der Waals surface area (Å²) < 4.78 is 1.91. The smallest absolute Gasteiger partial charge is 0.252 e. The molecule has 1 aromatic carbocycles. The number of H-pyrrole nitrogens is 1. The summed E-state index contributed by atoms with van der Waals surface area (Å²) in [7, 11) is 0. The van der Waals surface area contributed by atoms with Crippen molar-refractivity contribution in [3.05, 3.63) is 51.6 Å². The third kappa shape index (κ3) is 5.07. The van der Waals surface area contributed by atoms with Crippen LogP contribution in [0.15, 0.2) is 29.1 Å². The second-order valence-electron chi connectivity index (χ2n) is 9.57. The van der Waals surface area contributed by atoms with Crippen LogP contribution in [0.5, 0.6) is 0 Å². The summed E-state index contributed by atoms with van der Waals surface area (Å²) in [6.45, 7) is 13.9. The Kier molecular flexibility index (Phi) is 7.46. The quantitative estimate of drug-likeness (QED) is 0.500. The molecule has 174 valence electrons. The molecule has 0 aliphatic rings. The third-order valence-electron chi connectivity index (χ3n) is 6.28. The average molecular weight is 441 g/mol. The second kappa shape index (κ2) is 9.92. The lowest BCUT2D eigenvalue weighted by Gasteiger charge is -2.35. The topological polar surface area (TPSA) is 99.9 Å². The van der Waals surface area contributed by atoms with E-state index < -0.39 is 0 Å². The largest absolute Gasteiger partial charge is 0.396 e. The highest BCUT2D eigenvalue weighted by Gasteiger charge is 2.33. The molecule has 2 aromatic heterocycles. The molecule has 3 rings (SSSR count). The number of nitrogens with one attached hydrogen (secondary N) is 1. The molecule has 0 radical (unpaired) electrons. The minimum Gasteiger partial charge on any atom is -0.396 e. The molecule has 0 unspecified atom stereocenters. The van der Waals surface area contributed by atoms with Crippen molar-refractivity contribution in [3.8, 4) is 0 Å². The summed E-state index contributed by atoms with van der Waals surface area (Å²) in [5.74, 6) is 0.991. The van der Waals surface area contributed by atoms with Gasteiger partial charge in [0, 0.05) is 30.8 Å². The molecule has 32 heavy (non-hydrogen) atoms. The summed E-state index contributed by atoms with van der Waals surface area (Å²) in [5, 5.41) is 23.3. The van der Waals surface area contributed by atoms with E-state index in [1.165, 1.54) is 0 Å². The lowest BCUT2D eigenvalue weighted by atomic mass is 9.97. The Labute approximate surface area is 189 Å². The first-order chi connectivity index (χ1) is 15.2. The van der Waals surface area contributed by atoms with E-state index in [1.54, 1.807) is 0 Å². The number of aliphatic hydroxyl groups excluding tert-OH is 1. The third-order valence-corrected chi connectivity index (χ3v) is 6.28. The van der Waals surface area contributed by atoms with Crippen LogP contribution >= 0.6 is 0 Å². The second-order valence-corrected chi connectivity index (χ2v) is 9.57. The van der Waals surface area contributed by atoms with E-state index in [0.29, 0.717) is 25.1 Å². The summed E-state index contributed by atoms with van der Waals surface area (Å²) in [5.41, 5.74) is 2.35. The van der Waals surface area contributed by atoms with Gasteiger partial charge in [-0.15, -0.1) is 5.10 Å². The van der Waals surface area contributed by atoms with Gasteiger partial charge in [0.25, 0.3) is 5.56 Å². The van der Waals surface area contributed by atoms with Crippen LogP contribution in [0.2, 0.25) is 0 Å². The predicted molar refractivity (Wildman–Crippen MR) is 126 cm³/mol. The summed E-state index contributed by atoms with van der Waals surface area (Å²) in [6.07, 6.45) is 1.49. The van der Waals surface area contributed by atoms with Gasteiger partial charge in [-0.2, -0.15) is 0 Å². The van der Waals surface area contributed by atoms with E-state index in [9.17, 15) is 9.90 Å². The highest BCUT2D eigenvalue weighted by atomic mass is 16.3. The number of tetrazole rings is 1. The number of benzene rings is 1. The van der Waals surface area contributed by atoms with Crippen molar-refractivity contribution < 1.29 is 5.11 Å². The molecule has 0 amide bonds. The standard InChI is InChI=1S/C24H36N6O2/c1-7-24(5,6)30-22(26-27-28-30)21(16(2)3)29(11-8-12-31)15-19-14-18-13-17(4)9-10-20(18)25-23(19)32/h9-10,13-14,16,21,31H,7-8,11-12,15H2,1-6H3,(H,25,32)/t21-/m0/s1. The first-order valence-corrected chi connectivity index (χ1v) is 11.4. The number of hydrogen-bond donors (Lipinski definition) is 2. The first-order valence-electron chi connectivity index (χ1n) is 11.4. The molecule has 0 aliphatic heterocycles. The Morgan fingerprint density at radius 3 is 2.66 bits per heavy atom. The lowest BCUT2D eigenvalue weighted by Crippen LogP contribution is -2.39. The van der Waals surface area contributed by atoms with Crippen LogP contribution in [-0.4, -0.2) is 48.3 Å². The Hall–Kier alpha value is -2.58. The Balaban J connectivity index is 2.05. The zero-order valence-electron chi connectivity index (χ0n) is 20.1. The number of rotatable bonds is 10. The Morgan fingerprint density at radius 1 is 1.25 bits per heavy atom.